The SMILES string of the molecule is Cn1nc(C(F)(F)F)c(C(N)=O)c1-c1ccccc1-c1cc(F)c(F)c(F)c1. The number of nitrogens with two attached hydrogens (primary N) is 1. The van der Waals surface area contributed by atoms with Gasteiger partial charge in [-0.05, 0) is 23.3 Å². The Morgan fingerprint density at radius 1 is 1.04 bits per heavy atom. The maximum atomic E-state index is 13.7. The number of hydrogen-bond donors (Lipinski definition) is 1. The Morgan fingerprint density at radius 2 is 1.57 bits per heavy atom. The number of amides is 1. The predicted molar refractivity (Wildman–Crippen MR) is 87.5 cm³/mol. The number of carbonyl (C=O) groups is 1. The second kappa shape index (κ2) is 6.70. The molecule has 0 aliphatic carbocycles. The largest absolute Gasteiger partial charge is 0.435 e. The number of carbonyl (C=O) groups excluding carboxylic acids is 1. The molecule has 0 radical (unpaired) electrons. The van der Waals surface area contributed by atoms with Gasteiger partial charge in [-0.25, -0.2) is 13.2 Å². The lowest BCUT2D eigenvalue weighted by Crippen LogP contribution is -2.18. The zero-order valence-corrected chi connectivity index (χ0v) is 14.1. The Labute approximate surface area is 154 Å². The van der Waals surface area contributed by atoms with Crippen molar-refractivity contribution in [3.63, 3.8) is 0 Å². The summed E-state index contributed by atoms with van der Waals surface area (Å²) in [5.74, 6) is -6.00. The molecule has 1 aromatic heterocycles. The zero-order chi connectivity index (χ0) is 20.8. The minimum Gasteiger partial charge on any atom is -0.365 e. The normalized spacial score (nSPS) is 11.7. The van der Waals surface area contributed by atoms with Gasteiger partial charge in [0.05, 0.1) is 11.3 Å². The number of rotatable bonds is 3. The van der Waals surface area contributed by atoms with E-state index in [0.29, 0.717) is 12.1 Å². The maximum absolute atomic E-state index is 13.7. The summed E-state index contributed by atoms with van der Waals surface area (Å²) in [6, 6.07) is 6.98. The summed E-state index contributed by atoms with van der Waals surface area (Å²) in [5, 5.41) is 3.35. The van der Waals surface area contributed by atoms with Crippen LogP contribution in [0.25, 0.3) is 22.4 Å². The van der Waals surface area contributed by atoms with Crippen LogP contribution >= 0.6 is 0 Å². The van der Waals surface area contributed by atoms with Gasteiger partial charge in [0, 0.05) is 12.6 Å². The number of halogens is 6. The van der Waals surface area contributed by atoms with Crippen molar-refractivity contribution < 1.29 is 31.1 Å². The van der Waals surface area contributed by atoms with E-state index in [4.69, 9.17) is 5.73 Å². The van der Waals surface area contributed by atoms with Gasteiger partial charge in [-0.15, -0.1) is 0 Å². The summed E-state index contributed by atoms with van der Waals surface area (Å²) >= 11 is 0. The summed E-state index contributed by atoms with van der Waals surface area (Å²) in [6.45, 7) is 0. The lowest BCUT2D eigenvalue weighted by Gasteiger charge is -2.12. The fourth-order valence-corrected chi connectivity index (χ4v) is 2.92. The Morgan fingerprint density at radius 3 is 2.07 bits per heavy atom. The van der Waals surface area contributed by atoms with Crippen LogP contribution in [0.2, 0.25) is 0 Å². The fraction of sp³-hybridized carbons (Fsp3) is 0.111. The highest BCUT2D eigenvalue weighted by atomic mass is 19.4. The fourth-order valence-electron chi connectivity index (χ4n) is 2.92. The molecular formula is C18H11F6N3O. The van der Waals surface area contributed by atoms with Crippen molar-refractivity contribution in [1.82, 2.24) is 9.78 Å². The van der Waals surface area contributed by atoms with E-state index in [1.165, 1.54) is 31.3 Å². The molecule has 0 fully saturated rings. The molecule has 1 heterocycles. The maximum Gasteiger partial charge on any atom is 0.435 e. The van der Waals surface area contributed by atoms with Gasteiger partial charge in [0.1, 0.15) is 0 Å². The summed E-state index contributed by atoms with van der Waals surface area (Å²) in [7, 11) is 1.17. The number of aryl methyl sites for hydroxylation is 1. The van der Waals surface area contributed by atoms with Crippen molar-refractivity contribution in [2.45, 2.75) is 6.18 Å². The van der Waals surface area contributed by atoms with Crippen LogP contribution < -0.4 is 5.73 Å². The van der Waals surface area contributed by atoms with Gasteiger partial charge in [-0.3, -0.25) is 9.48 Å². The molecule has 0 saturated heterocycles. The average molecular weight is 399 g/mol. The number of nitrogens with zero attached hydrogens (tertiary/aromatic N) is 2. The Balaban J connectivity index is 2.34. The van der Waals surface area contributed by atoms with E-state index in [9.17, 15) is 31.1 Å². The summed E-state index contributed by atoms with van der Waals surface area (Å²) in [5.41, 5.74) is 2.42. The molecule has 10 heteroatoms. The van der Waals surface area contributed by atoms with E-state index in [1.54, 1.807) is 0 Å². The molecule has 0 unspecified atom stereocenters. The third kappa shape index (κ3) is 3.21. The molecule has 0 spiro atoms. The first kappa shape index (κ1) is 19.5. The van der Waals surface area contributed by atoms with Gasteiger partial charge in [0.25, 0.3) is 5.91 Å². The van der Waals surface area contributed by atoms with E-state index >= 15 is 0 Å². The van der Waals surface area contributed by atoms with Crippen LogP contribution in [0.4, 0.5) is 26.3 Å². The van der Waals surface area contributed by atoms with Crippen molar-refractivity contribution in [2.24, 2.45) is 12.8 Å². The van der Waals surface area contributed by atoms with E-state index < -0.39 is 40.8 Å². The van der Waals surface area contributed by atoms with E-state index in [1.807, 2.05) is 0 Å². The molecule has 1 amide bonds. The van der Waals surface area contributed by atoms with Crippen LogP contribution in [0.1, 0.15) is 16.1 Å². The predicted octanol–water partition coefficient (Wildman–Crippen LogP) is 4.29. The van der Waals surface area contributed by atoms with Crippen molar-refractivity contribution in [2.75, 3.05) is 0 Å². The molecular weight excluding hydrogens is 388 g/mol. The average Bonchev–Trinajstić information content (AvgIpc) is 2.97. The van der Waals surface area contributed by atoms with Gasteiger partial charge < -0.3 is 5.73 Å². The van der Waals surface area contributed by atoms with Crippen molar-refractivity contribution >= 4 is 5.91 Å². The van der Waals surface area contributed by atoms with Crippen LogP contribution in [0, 0.1) is 17.5 Å². The molecule has 0 aliphatic heterocycles. The van der Waals surface area contributed by atoms with E-state index in [2.05, 4.69) is 5.10 Å². The summed E-state index contributed by atoms with van der Waals surface area (Å²) < 4.78 is 81.2. The van der Waals surface area contributed by atoms with Gasteiger partial charge >= 0.3 is 6.18 Å². The second-order valence-corrected chi connectivity index (χ2v) is 5.86. The summed E-state index contributed by atoms with van der Waals surface area (Å²) in [4.78, 5) is 11.8. The standard InChI is InChI=1S/C18H11F6N3O/c1-27-15(13(17(25)28)16(26-27)18(22,23)24)10-5-3-2-4-9(10)8-6-11(19)14(21)12(20)7-8/h2-7H,1H3,(H2,25,28). The van der Waals surface area contributed by atoms with Crippen LogP contribution in [0.3, 0.4) is 0 Å². The van der Waals surface area contributed by atoms with Gasteiger partial charge in [0.15, 0.2) is 23.1 Å². The van der Waals surface area contributed by atoms with Crippen LogP contribution in [-0.4, -0.2) is 15.7 Å². The van der Waals surface area contributed by atoms with E-state index in [0.717, 1.165) is 4.68 Å². The number of alkyl halides is 3. The smallest absolute Gasteiger partial charge is 0.365 e. The Hall–Kier alpha value is -3.30. The second-order valence-electron chi connectivity index (χ2n) is 5.86. The Kier molecular flexibility index (Phi) is 4.66. The lowest BCUT2D eigenvalue weighted by molar-refractivity contribution is -0.141. The molecule has 3 aromatic rings. The Bertz CT molecular complexity index is 1060. The van der Waals surface area contributed by atoms with Crippen LogP contribution in [-0.2, 0) is 13.2 Å². The highest BCUT2D eigenvalue weighted by Gasteiger charge is 2.41. The molecule has 0 aliphatic rings. The molecule has 3 rings (SSSR count). The number of primary amides is 1. The third-order valence-electron chi connectivity index (χ3n) is 4.04. The van der Waals surface area contributed by atoms with Gasteiger partial charge in [-0.1, -0.05) is 24.3 Å². The van der Waals surface area contributed by atoms with Crippen molar-refractivity contribution in [3.05, 3.63) is 65.1 Å². The molecule has 2 N–H and O–H groups in total. The molecule has 0 saturated carbocycles. The van der Waals surface area contributed by atoms with E-state index in [-0.39, 0.29) is 22.4 Å². The number of aromatic nitrogens is 2. The summed E-state index contributed by atoms with van der Waals surface area (Å²) in [6.07, 6.45) is -4.95. The third-order valence-corrected chi connectivity index (χ3v) is 4.04. The molecule has 4 nitrogen and oxygen atoms in total. The van der Waals surface area contributed by atoms with Crippen molar-refractivity contribution in [3.8, 4) is 22.4 Å². The number of hydrogen-bond acceptors (Lipinski definition) is 2. The molecule has 2 aromatic carbocycles. The molecule has 146 valence electrons. The monoisotopic (exact) mass is 399 g/mol. The van der Waals surface area contributed by atoms with Gasteiger partial charge in [-0.2, -0.15) is 18.3 Å². The number of benzene rings is 2. The molecule has 0 atom stereocenters. The minimum atomic E-state index is -4.95. The van der Waals surface area contributed by atoms with Gasteiger partial charge in [0.2, 0.25) is 0 Å². The first-order valence-electron chi connectivity index (χ1n) is 7.70. The highest BCUT2D eigenvalue weighted by molar-refractivity contribution is 6.02. The van der Waals surface area contributed by atoms with Crippen LogP contribution in [0.5, 0.6) is 0 Å². The first-order valence-corrected chi connectivity index (χ1v) is 7.70. The zero-order valence-electron chi connectivity index (χ0n) is 14.1. The lowest BCUT2D eigenvalue weighted by atomic mass is 9.94. The molecule has 28 heavy (non-hydrogen) atoms. The van der Waals surface area contributed by atoms with Crippen molar-refractivity contribution in [1.29, 1.82) is 0 Å². The molecule has 0 bridgehead atoms. The quantitative estimate of drug-likeness (QED) is 0.528. The van der Waals surface area contributed by atoms with Crippen LogP contribution in [0.15, 0.2) is 36.4 Å². The minimum absolute atomic E-state index is 0.00667. The highest BCUT2D eigenvalue weighted by Crippen LogP contribution is 2.39. The topological polar surface area (TPSA) is 60.9 Å². The first-order chi connectivity index (χ1) is 13.0.